The molecule has 1 aliphatic heterocycles. The summed E-state index contributed by atoms with van der Waals surface area (Å²) in [6.45, 7) is 14.8. The van der Waals surface area contributed by atoms with E-state index in [1.54, 1.807) is 12.0 Å². The van der Waals surface area contributed by atoms with Crippen LogP contribution in [0.15, 0.2) is 72.3 Å². The summed E-state index contributed by atoms with van der Waals surface area (Å²) in [5.41, 5.74) is 5.10. The molecule has 204 valence electrons. The lowest BCUT2D eigenvalue weighted by Crippen LogP contribution is -2.29. The van der Waals surface area contributed by atoms with Crippen molar-refractivity contribution in [1.29, 1.82) is 0 Å². The molecule has 4 rings (SSSR count). The van der Waals surface area contributed by atoms with Crippen LogP contribution in [0.4, 0.5) is 0 Å². The summed E-state index contributed by atoms with van der Waals surface area (Å²) in [4.78, 5) is 28.7. The summed E-state index contributed by atoms with van der Waals surface area (Å²) in [5, 5.41) is 11.7. The molecule has 1 atom stereocenters. The second-order valence-electron chi connectivity index (χ2n) is 12.4. The Morgan fingerprint density at radius 2 is 1.49 bits per heavy atom. The van der Waals surface area contributed by atoms with E-state index in [4.69, 9.17) is 4.74 Å². The minimum absolute atomic E-state index is 0.0502. The first-order valence-electron chi connectivity index (χ1n) is 13.4. The molecule has 1 aliphatic rings. The molecule has 1 unspecified atom stereocenters. The molecule has 5 nitrogen and oxygen atoms in total. The van der Waals surface area contributed by atoms with Crippen molar-refractivity contribution in [3.05, 3.63) is 106 Å². The highest BCUT2D eigenvalue weighted by Gasteiger charge is 2.46. The zero-order chi connectivity index (χ0) is 28.7. The Hall–Kier alpha value is -3.86. The third-order valence-electron chi connectivity index (χ3n) is 7.48. The molecule has 0 radical (unpaired) electrons. The zero-order valence-corrected chi connectivity index (χ0v) is 24.3. The molecule has 0 aromatic heterocycles. The Bertz CT molecular complexity index is 1440. The maximum absolute atomic E-state index is 13.6. The number of carbonyl (C=O) groups excluding carboxylic acids is 2. The van der Waals surface area contributed by atoms with Crippen molar-refractivity contribution in [1.82, 2.24) is 4.90 Å². The van der Waals surface area contributed by atoms with E-state index in [0.29, 0.717) is 11.3 Å². The van der Waals surface area contributed by atoms with Gasteiger partial charge < -0.3 is 14.7 Å². The molecule has 3 aromatic rings. The van der Waals surface area contributed by atoms with Crippen LogP contribution in [-0.4, -0.2) is 28.8 Å². The smallest absolute Gasteiger partial charge is 0.295 e. The van der Waals surface area contributed by atoms with Gasteiger partial charge in [-0.2, -0.15) is 0 Å². The summed E-state index contributed by atoms with van der Waals surface area (Å²) in [6.07, 6.45) is 0. The van der Waals surface area contributed by atoms with Crippen molar-refractivity contribution in [3.8, 4) is 5.75 Å². The molecule has 0 spiro atoms. The quantitative estimate of drug-likeness (QED) is 0.217. The van der Waals surface area contributed by atoms with Crippen molar-refractivity contribution in [2.24, 2.45) is 0 Å². The molecule has 1 N–H and O–H groups in total. The fourth-order valence-corrected chi connectivity index (χ4v) is 5.01. The number of rotatable bonds is 5. The second-order valence-corrected chi connectivity index (χ2v) is 12.4. The van der Waals surface area contributed by atoms with E-state index in [2.05, 4.69) is 41.5 Å². The lowest BCUT2D eigenvalue weighted by molar-refractivity contribution is -0.140. The summed E-state index contributed by atoms with van der Waals surface area (Å²) in [6, 6.07) is 20.6. The maximum atomic E-state index is 13.6. The van der Waals surface area contributed by atoms with Crippen molar-refractivity contribution in [3.63, 3.8) is 0 Å². The highest BCUT2D eigenvalue weighted by molar-refractivity contribution is 6.46. The SMILES string of the molecule is COc1cccc(CN2C(=O)C(=O)/C(=C(/O)c3cc(C(C)(C)C)ccc3C)C2c2ccc(C(C)(C)C)cc2)c1. The summed E-state index contributed by atoms with van der Waals surface area (Å²) in [5.74, 6) is -0.783. The first kappa shape index (κ1) is 28.2. The van der Waals surface area contributed by atoms with Gasteiger partial charge in [-0.1, -0.05) is 90.1 Å². The van der Waals surface area contributed by atoms with Gasteiger partial charge >= 0.3 is 0 Å². The number of ketones is 1. The summed E-state index contributed by atoms with van der Waals surface area (Å²) < 4.78 is 5.37. The van der Waals surface area contributed by atoms with E-state index >= 15 is 0 Å². The van der Waals surface area contributed by atoms with E-state index < -0.39 is 17.7 Å². The summed E-state index contributed by atoms with van der Waals surface area (Å²) in [7, 11) is 1.59. The van der Waals surface area contributed by atoms with Crippen molar-refractivity contribution >= 4 is 17.4 Å². The van der Waals surface area contributed by atoms with Gasteiger partial charge in [-0.25, -0.2) is 0 Å². The number of ether oxygens (including phenoxy) is 1. The monoisotopic (exact) mass is 525 g/mol. The molecular formula is C34H39NO4. The molecule has 1 fully saturated rings. The Morgan fingerprint density at radius 3 is 2.08 bits per heavy atom. The molecule has 0 saturated carbocycles. The van der Waals surface area contributed by atoms with Gasteiger partial charge in [0.1, 0.15) is 11.5 Å². The predicted octanol–water partition coefficient (Wildman–Crippen LogP) is 7.22. The van der Waals surface area contributed by atoms with E-state index in [9.17, 15) is 14.7 Å². The van der Waals surface area contributed by atoms with Crippen molar-refractivity contribution in [2.75, 3.05) is 7.11 Å². The van der Waals surface area contributed by atoms with Gasteiger partial charge in [-0.15, -0.1) is 0 Å². The van der Waals surface area contributed by atoms with Crippen LogP contribution in [-0.2, 0) is 27.0 Å². The molecule has 1 saturated heterocycles. The van der Waals surface area contributed by atoms with Gasteiger partial charge in [-0.05, 0) is 63.8 Å². The number of carbonyl (C=O) groups is 2. The van der Waals surface area contributed by atoms with Crippen LogP contribution in [0.3, 0.4) is 0 Å². The van der Waals surface area contributed by atoms with Crippen LogP contribution in [0, 0.1) is 6.92 Å². The van der Waals surface area contributed by atoms with E-state index in [0.717, 1.165) is 27.8 Å². The highest BCUT2D eigenvalue weighted by Crippen LogP contribution is 2.42. The Labute approximate surface area is 232 Å². The fraction of sp³-hybridized carbons (Fsp3) is 0.353. The topological polar surface area (TPSA) is 66.8 Å². The van der Waals surface area contributed by atoms with Crippen LogP contribution in [0.2, 0.25) is 0 Å². The van der Waals surface area contributed by atoms with Crippen LogP contribution in [0.5, 0.6) is 5.75 Å². The average Bonchev–Trinajstić information content (AvgIpc) is 3.12. The molecule has 5 heteroatoms. The number of benzene rings is 3. The van der Waals surface area contributed by atoms with Crippen LogP contribution >= 0.6 is 0 Å². The molecule has 0 aliphatic carbocycles. The first-order valence-corrected chi connectivity index (χ1v) is 13.4. The Balaban J connectivity index is 1.91. The number of amides is 1. The standard InChI is InChI=1S/C34H39NO4/c1-21-12-15-25(34(5,6)7)19-27(21)30(36)28-29(23-13-16-24(17-14-23)33(2,3)4)35(32(38)31(28)37)20-22-10-9-11-26(18-22)39-8/h9-19,29,36H,20H2,1-8H3/b30-28+. The molecular weight excluding hydrogens is 486 g/mol. The lowest BCUT2D eigenvalue weighted by atomic mass is 9.84. The van der Waals surface area contributed by atoms with E-state index in [-0.39, 0.29) is 28.7 Å². The van der Waals surface area contributed by atoms with Gasteiger partial charge in [0.25, 0.3) is 11.7 Å². The third kappa shape index (κ3) is 5.63. The van der Waals surface area contributed by atoms with Gasteiger partial charge in [0.2, 0.25) is 0 Å². The van der Waals surface area contributed by atoms with Gasteiger partial charge in [0.05, 0.1) is 18.7 Å². The van der Waals surface area contributed by atoms with Crippen molar-refractivity contribution in [2.45, 2.75) is 71.9 Å². The fourth-order valence-electron chi connectivity index (χ4n) is 5.01. The zero-order valence-electron chi connectivity index (χ0n) is 24.3. The largest absolute Gasteiger partial charge is 0.507 e. The number of aryl methyl sites for hydroxylation is 1. The number of hydrogen-bond donors (Lipinski definition) is 1. The van der Waals surface area contributed by atoms with Crippen LogP contribution in [0.1, 0.15) is 81.0 Å². The number of aliphatic hydroxyl groups is 1. The minimum atomic E-state index is -0.733. The van der Waals surface area contributed by atoms with E-state index in [1.165, 1.54) is 0 Å². The Kier molecular flexibility index (Phi) is 7.48. The number of hydrogen-bond acceptors (Lipinski definition) is 4. The van der Waals surface area contributed by atoms with Gasteiger partial charge in [0.15, 0.2) is 0 Å². The normalized spacial score (nSPS) is 17.5. The van der Waals surface area contributed by atoms with Crippen molar-refractivity contribution < 1.29 is 19.4 Å². The average molecular weight is 526 g/mol. The number of methoxy groups -OCH3 is 1. The minimum Gasteiger partial charge on any atom is -0.507 e. The number of Topliss-reactive ketones (excluding diaryl/α,β-unsaturated/α-hetero) is 1. The van der Waals surface area contributed by atoms with Crippen LogP contribution in [0.25, 0.3) is 5.76 Å². The molecule has 0 bridgehead atoms. The molecule has 1 heterocycles. The third-order valence-corrected chi connectivity index (χ3v) is 7.48. The first-order chi connectivity index (χ1) is 18.2. The lowest BCUT2D eigenvalue weighted by Gasteiger charge is -2.27. The predicted molar refractivity (Wildman–Crippen MR) is 156 cm³/mol. The molecule has 39 heavy (non-hydrogen) atoms. The Morgan fingerprint density at radius 1 is 0.872 bits per heavy atom. The number of aliphatic hydroxyl groups excluding tert-OH is 1. The van der Waals surface area contributed by atoms with E-state index in [1.807, 2.05) is 73.7 Å². The highest BCUT2D eigenvalue weighted by atomic mass is 16.5. The molecule has 3 aromatic carbocycles. The van der Waals surface area contributed by atoms with Crippen LogP contribution < -0.4 is 4.74 Å². The number of nitrogens with zero attached hydrogens (tertiary/aromatic N) is 1. The molecule has 1 amide bonds. The maximum Gasteiger partial charge on any atom is 0.295 e. The summed E-state index contributed by atoms with van der Waals surface area (Å²) >= 11 is 0. The van der Waals surface area contributed by atoms with Gasteiger partial charge in [-0.3, -0.25) is 9.59 Å². The second kappa shape index (κ2) is 10.4. The number of likely N-dealkylation sites (tertiary alicyclic amines) is 1. The van der Waals surface area contributed by atoms with Gasteiger partial charge in [0, 0.05) is 12.1 Å².